The molecular weight excluding hydrogens is 289 g/mol. The van der Waals surface area contributed by atoms with Crippen LogP contribution in [0.2, 0.25) is 0 Å². The van der Waals surface area contributed by atoms with E-state index in [2.05, 4.69) is 9.71 Å². The lowest BCUT2D eigenvalue weighted by atomic mass is 10.2. The molecule has 2 aromatic rings. The van der Waals surface area contributed by atoms with Crippen molar-refractivity contribution in [3.8, 4) is 0 Å². The second-order valence-corrected chi connectivity index (χ2v) is 6.23. The topological polar surface area (TPSA) is 85.1 Å². The number of thiazole rings is 1. The van der Waals surface area contributed by atoms with E-state index in [0.29, 0.717) is 11.3 Å². The zero-order valence-corrected chi connectivity index (χ0v) is 11.5. The van der Waals surface area contributed by atoms with Gasteiger partial charge >= 0.3 is 0 Å². The molecule has 0 aliphatic heterocycles. The third-order valence-electron chi connectivity index (χ3n) is 2.45. The van der Waals surface area contributed by atoms with Crippen LogP contribution < -0.4 is 10.5 Å². The highest BCUT2D eigenvalue weighted by Crippen LogP contribution is 2.16. The van der Waals surface area contributed by atoms with E-state index in [4.69, 9.17) is 5.73 Å². The van der Waals surface area contributed by atoms with E-state index in [-0.39, 0.29) is 18.0 Å². The summed E-state index contributed by atoms with van der Waals surface area (Å²) in [5.74, 6) is -0.811. The van der Waals surface area contributed by atoms with Gasteiger partial charge < -0.3 is 5.73 Å². The fraction of sp³-hybridized carbons (Fsp3) is 0.182. The summed E-state index contributed by atoms with van der Waals surface area (Å²) in [5.41, 5.74) is 8.09. The van der Waals surface area contributed by atoms with E-state index >= 15 is 0 Å². The van der Waals surface area contributed by atoms with Crippen molar-refractivity contribution < 1.29 is 12.8 Å². The van der Waals surface area contributed by atoms with Crippen molar-refractivity contribution in [2.75, 3.05) is 0 Å². The molecule has 1 aromatic heterocycles. The van der Waals surface area contributed by atoms with Crippen molar-refractivity contribution >= 4 is 21.4 Å². The molecule has 0 amide bonds. The number of nitrogens with zero attached hydrogens (tertiary/aromatic N) is 1. The van der Waals surface area contributed by atoms with E-state index in [1.807, 2.05) is 0 Å². The third kappa shape index (κ3) is 3.35. The summed E-state index contributed by atoms with van der Waals surface area (Å²) in [5, 5.41) is 1.72. The first-order chi connectivity index (χ1) is 9.03. The molecule has 5 nitrogen and oxygen atoms in total. The first-order valence-electron chi connectivity index (χ1n) is 5.38. The maximum absolute atomic E-state index is 13.7. The Bertz CT molecular complexity index is 657. The van der Waals surface area contributed by atoms with Gasteiger partial charge in [-0.2, -0.15) is 0 Å². The Morgan fingerprint density at radius 3 is 2.79 bits per heavy atom. The van der Waals surface area contributed by atoms with Crippen molar-refractivity contribution in [1.82, 2.24) is 9.71 Å². The quantitative estimate of drug-likeness (QED) is 0.869. The minimum atomic E-state index is -3.89. The first kappa shape index (κ1) is 14.1. The standard InChI is InChI=1S/C11H12FN3O2S2/c12-10-3-8(4-13)1-2-11(10)19(16,17)15-5-9-6-18-7-14-9/h1-3,6-7,15H,4-5,13H2. The normalized spacial score (nSPS) is 11.7. The van der Waals surface area contributed by atoms with Gasteiger partial charge in [-0.3, -0.25) is 0 Å². The molecule has 1 heterocycles. The van der Waals surface area contributed by atoms with E-state index in [1.54, 1.807) is 10.9 Å². The van der Waals surface area contributed by atoms with E-state index < -0.39 is 15.8 Å². The molecule has 0 atom stereocenters. The number of nitrogens with one attached hydrogen (secondary N) is 1. The number of aromatic nitrogens is 1. The third-order valence-corrected chi connectivity index (χ3v) is 4.52. The average Bonchev–Trinajstić information content (AvgIpc) is 2.89. The van der Waals surface area contributed by atoms with Gasteiger partial charge in [0, 0.05) is 11.9 Å². The molecule has 0 unspecified atom stereocenters. The van der Waals surface area contributed by atoms with Crippen LogP contribution >= 0.6 is 11.3 Å². The van der Waals surface area contributed by atoms with Crippen LogP contribution in [-0.2, 0) is 23.1 Å². The second-order valence-electron chi connectivity index (χ2n) is 3.77. The molecular formula is C11H12FN3O2S2. The lowest BCUT2D eigenvalue weighted by Gasteiger charge is -2.07. The molecule has 0 radical (unpaired) electrons. The highest BCUT2D eigenvalue weighted by atomic mass is 32.2. The van der Waals surface area contributed by atoms with Gasteiger partial charge in [-0.05, 0) is 17.7 Å². The monoisotopic (exact) mass is 301 g/mol. The Morgan fingerprint density at radius 1 is 1.42 bits per heavy atom. The zero-order chi connectivity index (χ0) is 13.9. The van der Waals surface area contributed by atoms with Crippen LogP contribution in [-0.4, -0.2) is 13.4 Å². The van der Waals surface area contributed by atoms with Gasteiger partial charge in [0.1, 0.15) is 10.7 Å². The lowest BCUT2D eigenvalue weighted by molar-refractivity contribution is 0.555. The number of benzene rings is 1. The minimum absolute atomic E-state index is 0.0317. The molecule has 0 spiro atoms. The molecule has 8 heteroatoms. The smallest absolute Gasteiger partial charge is 0.243 e. The van der Waals surface area contributed by atoms with Crippen LogP contribution in [0.25, 0.3) is 0 Å². The molecule has 0 aliphatic carbocycles. The minimum Gasteiger partial charge on any atom is -0.326 e. The van der Waals surface area contributed by atoms with Crippen molar-refractivity contribution in [1.29, 1.82) is 0 Å². The number of hydrogen-bond donors (Lipinski definition) is 2. The molecule has 0 fully saturated rings. The summed E-state index contributed by atoms with van der Waals surface area (Å²) in [7, 11) is -3.89. The Kier molecular flexibility index (Phi) is 4.25. The Labute approximate surface area is 114 Å². The fourth-order valence-electron chi connectivity index (χ4n) is 1.46. The Hall–Kier alpha value is -1.35. The Morgan fingerprint density at radius 2 is 2.21 bits per heavy atom. The van der Waals surface area contributed by atoms with Crippen LogP contribution in [0.3, 0.4) is 0 Å². The molecule has 0 bridgehead atoms. The SMILES string of the molecule is NCc1ccc(S(=O)(=O)NCc2cscn2)c(F)c1. The van der Waals surface area contributed by atoms with Crippen molar-refractivity contribution in [3.05, 3.63) is 46.2 Å². The molecule has 0 saturated heterocycles. The molecule has 19 heavy (non-hydrogen) atoms. The first-order valence-corrected chi connectivity index (χ1v) is 7.81. The highest BCUT2D eigenvalue weighted by molar-refractivity contribution is 7.89. The van der Waals surface area contributed by atoms with Crippen molar-refractivity contribution in [2.45, 2.75) is 18.0 Å². The van der Waals surface area contributed by atoms with Gasteiger partial charge in [0.15, 0.2) is 0 Å². The zero-order valence-electron chi connectivity index (χ0n) is 9.84. The van der Waals surface area contributed by atoms with Gasteiger partial charge in [-0.25, -0.2) is 22.5 Å². The number of nitrogens with two attached hydrogens (primary N) is 1. The second kappa shape index (κ2) is 5.74. The van der Waals surface area contributed by atoms with Crippen molar-refractivity contribution in [3.63, 3.8) is 0 Å². The average molecular weight is 301 g/mol. The van der Waals surface area contributed by atoms with E-state index in [9.17, 15) is 12.8 Å². The summed E-state index contributed by atoms with van der Waals surface area (Å²) in [6.07, 6.45) is 0. The maximum atomic E-state index is 13.7. The molecule has 3 N–H and O–H groups in total. The number of hydrogen-bond acceptors (Lipinski definition) is 5. The fourth-order valence-corrected chi connectivity index (χ4v) is 3.08. The van der Waals surface area contributed by atoms with Crippen LogP contribution in [0.15, 0.2) is 34.0 Å². The van der Waals surface area contributed by atoms with Gasteiger partial charge in [0.2, 0.25) is 10.0 Å². The molecule has 0 saturated carbocycles. The summed E-state index contributed by atoms with van der Waals surface area (Å²) >= 11 is 1.36. The summed E-state index contributed by atoms with van der Waals surface area (Å²) in [4.78, 5) is 3.56. The predicted molar refractivity (Wildman–Crippen MR) is 70.4 cm³/mol. The molecule has 1 aromatic carbocycles. The molecule has 0 aliphatic rings. The predicted octanol–water partition coefficient (Wildman–Crippen LogP) is 1.22. The largest absolute Gasteiger partial charge is 0.326 e. The number of rotatable bonds is 5. The summed E-state index contributed by atoms with van der Waals surface area (Å²) < 4.78 is 39.9. The van der Waals surface area contributed by atoms with Crippen LogP contribution in [0.4, 0.5) is 4.39 Å². The van der Waals surface area contributed by atoms with Crippen LogP contribution in [0.1, 0.15) is 11.3 Å². The van der Waals surface area contributed by atoms with Crippen molar-refractivity contribution in [2.24, 2.45) is 5.73 Å². The van der Waals surface area contributed by atoms with Crippen LogP contribution in [0.5, 0.6) is 0 Å². The summed E-state index contributed by atoms with van der Waals surface area (Å²) in [6.45, 7) is 0.188. The van der Waals surface area contributed by atoms with E-state index in [0.717, 1.165) is 6.07 Å². The van der Waals surface area contributed by atoms with E-state index in [1.165, 1.54) is 23.5 Å². The maximum Gasteiger partial charge on any atom is 0.243 e. The van der Waals surface area contributed by atoms with Gasteiger partial charge in [0.25, 0.3) is 0 Å². The van der Waals surface area contributed by atoms with Crippen LogP contribution in [0, 0.1) is 5.82 Å². The van der Waals surface area contributed by atoms with Gasteiger partial charge in [0.05, 0.1) is 17.7 Å². The Balaban J connectivity index is 2.19. The summed E-state index contributed by atoms with van der Waals surface area (Å²) in [6, 6.07) is 3.82. The van der Waals surface area contributed by atoms with Gasteiger partial charge in [-0.1, -0.05) is 6.07 Å². The van der Waals surface area contributed by atoms with Gasteiger partial charge in [-0.15, -0.1) is 11.3 Å². The number of sulfonamides is 1. The molecule has 102 valence electrons. The lowest BCUT2D eigenvalue weighted by Crippen LogP contribution is -2.24. The molecule has 2 rings (SSSR count). The number of halogens is 1. The highest BCUT2D eigenvalue weighted by Gasteiger charge is 2.19.